The van der Waals surface area contributed by atoms with Crippen molar-refractivity contribution in [1.82, 2.24) is 0 Å². The number of benzene rings is 3. The monoisotopic (exact) mass is 332 g/mol. The van der Waals surface area contributed by atoms with E-state index >= 15 is 0 Å². The van der Waals surface area contributed by atoms with Crippen molar-refractivity contribution in [2.45, 2.75) is 12.8 Å². The number of fused-ring (bicyclic) bond motifs is 2. The van der Waals surface area contributed by atoms with Crippen LogP contribution in [-0.4, -0.2) is 5.11 Å². The Morgan fingerprint density at radius 3 is 2.38 bits per heavy atom. The largest absolute Gasteiger partial charge is 0.508 e. The molecular formula is C22H17ClO. The molecule has 24 heavy (non-hydrogen) atoms. The Balaban J connectivity index is 1.97. The van der Waals surface area contributed by atoms with Crippen LogP contribution in [0.2, 0.25) is 5.02 Å². The SMILES string of the molecule is Oc1ccc(C=C2c3ccccc3CCc3c(Cl)cccc32)cc1. The van der Waals surface area contributed by atoms with Gasteiger partial charge in [0.25, 0.3) is 0 Å². The predicted octanol–water partition coefficient (Wildman–Crippen LogP) is 5.73. The van der Waals surface area contributed by atoms with E-state index in [4.69, 9.17) is 11.6 Å². The Morgan fingerprint density at radius 1 is 0.792 bits per heavy atom. The number of rotatable bonds is 1. The lowest BCUT2D eigenvalue weighted by Gasteiger charge is -2.13. The normalized spacial score (nSPS) is 14.8. The van der Waals surface area contributed by atoms with Crippen LogP contribution < -0.4 is 0 Å². The van der Waals surface area contributed by atoms with Gasteiger partial charge in [-0.05, 0) is 70.5 Å². The second-order valence-corrected chi connectivity index (χ2v) is 6.48. The molecule has 4 rings (SSSR count). The molecule has 1 aliphatic carbocycles. The molecule has 0 aromatic heterocycles. The van der Waals surface area contributed by atoms with Gasteiger partial charge < -0.3 is 5.11 Å². The van der Waals surface area contributed by atoms with Gasteiger partial charge in [0.15, 0.2) is 0 Å². The minimum absolute atomic E-state index is 0.280. The maximum absolute atomic E-state index is 9.52. The van der Waals surface area contributed by atoms with Crippen LogP contribution in [-0.2, 0) is 12.8 Å². The van der Waals surface area contributed by atoms with Crippen LogP contribution in [0.25, 0.3) is 11.6 Å². The Labute approximate surface area is 146 Å². The maximum Gasteiger partial charge on any atom is 0.115 e. The fraction of sp³-hybridized carbons (Fsp3) is 0.0909. The van der Waals surface area contributed by atoms with Gasteiger partial charge in [0.2, 0.25) is 0 Å². The molecule has 2 heteroatoms. The second kappa shape index (κ2) is 6.18. The van der Waals surface area contributed by atoms with Gasteiger partial charge in [-0.2, -0.15) is 0 Å². The third kappa shape index (κ3) is 2.72. The predicted molar refractivity (Wildman–Crippen MR) is 100 cm³/mol. The Hall–Kier alpha value is -2.51. The molecule has 118 valence electrons. The summed E-state index contributed by atoms with van der Waals surface area (Å²) < 4.78 is 0. The molecule has 1 nitrogen and oxygen atoms in total. The molecule has 0 saturated heterocycles. The molecule has 1 aliphatic rings. The van der Waals surface area contributed by atoms with Gasteiger partial charge in [0.05, 0.1) is 0 Å². The zero-order valence-electron chi connectivity index (χ0n) is 13.2. The molecule has 3 aromatic rings. The van der Waals surface area contributed by atoms with Gasteiger partial charge in [-0.15, -0.1) is 0 Å². The summed E-state index contributed by atoms with van der Waals surface area (Å²) in [7, 11) is 0. The van der Waals surface area contributed by atoms with Crippen molar-refractivity contribution in [3.05, 3.63) is 99.6 Å². The van der Waals surface area contributed by atoms with Gasteiger partial charge in [-0.25, -0.2) is 0 Å². The number of aromatic hydroxyl groups is 1. The molecule has 0 bridgehead atoms. The van der Waals surface area contributed by atoms with E-state index in [-0.39, 0.29) is 5.75 Å². The summed E-state index contributed by atoms with van der Waals surface area (Å²) in [5.41, 5.74) is 7.25. The molecule has 0 atom stereocenters. The summed E-state index contributed by atoms with van der Waals surface area (Å²) in [4.78, 5) is 0. The molecule has 0 amide bonds. The number of hydrogen-bond acceptors (Lipinski definition) is 1. The second-order valence-electron chi connectivity index (χ2n) is 6.07. The van der Waals surface area contributed by atoms with Crippen LogP contribution >= 0.6 is 11.6 Å². The highest BCUT2D eigenvalue weighted by Gasteiger charge is 2.19. The maximum atomic E-state index is 9.52. The zero-order chi connectivity index (χ0) is 16.5. The summed E-state index contributed by atoms with van der Waals surface area (Å²) in [5, 5.41) is 10.4. The topological polar surface area (TPSA) is 20.2 Å². The summed E-state index contributed by atoms with van der Waals surface area (Å²) in [6.45, 7) is 0. The van der Waals surface area contributed by atoms with Crippen LogP contribution in [0, 0.1) is 0 Å². The highest BCUT2D eigenvalue weighted by atomic mass is 35.5. The van der Waals surface area contributed by atoms with Crippen LogP contribution in [0.15, 0.2) is 66.7 Å². The first-order valence-corrected chi connectivity index (χ1v) is 8.47. The fourth-order valence-electron chi connectivity index (χ4n) is 3.36. The average Bonchev–Trinajstić information content (AvgIpc) is 2.76. The lowest BCUT2D eigenvalue weighted by Crippen LogP contribution is -1.93. The summed E-state index contributed by atoms with van der Waals surface area (Å²) >= 11 is 6.49. The quantitative estimate of drug-likeness (QED) is 0.603. The molecule has 0 heterocycles. The third-order valence-electron chi connectivity index (χ3n) is 4.56. The Morgan fingerprint density at radius 2 is 1.54 bits per heavy atom. The van der Waals surface area contributed by atoms with E-state index in [1.165, 1.54) is 27.8 Å². The lowest BCUT2D eigenvalue weighted by atomic mass is 9.92. The summed E-state index contributed by atoms with van der Waals surface area (Å²) in [5.74, 6) is 0.280. The van der Waals surface area contributed by atoms with Crippen molar-refractivity contribution >= 4 is 23.3 Å². The molecule has 3 aromatic carbocycles. The molecule has 0 radical (unpaired) electrons. The van der Waals surface area contributed by atoms with E-state index in [9.17, 15) is 5.11 Å². The molecule has 1 N–H and O–H groups in total. The number of hydrogen-bond donors (Lipinski definition) is 1. The molecule has 0 unspecified atom stereocenters. The van der Waals surface area contributed by atoms with Crippen LogP contribution in [0.5, 0.6) is 5.75 Å². The zero-order valence-corrected chi connectivity index (χ0v) is 13.9. The third-order valence-corrected chi connectivity index (χ3v) is 4.92. The first kappa shape index (κ1) is 15.0. The van der Waals surface area contributed by atoms with E-state index in [1.807, 2.05) is 24.3 Å². The van der Waals surface area contributed by atoms with Crippen LogP contribution in [0.1, 0.15) is 27.8 Å². The Bertz CT molecular complexity index is 923. The van der Waals surface area contributed by atoms with Gasteiger partial charge in [-0.1, -0.05) is 60.1 Å². The standard InChI is InChI=1S/C22H17ClO/c23-22-7-3-6-19-20(22)13-10-16-4-1-2-5-18(16)21(19)14-15-8-11-17(24)12-9-15/h1-9,11-12,14,24H,10,13H2. The van der Waals surface area contributed by atoms with Crippen LogP contribution in [0.4, 0.5) is 0 Å². The molecule has 0 saturated carbocycles. The first-order chi connectivity index (χ1) is 11.7. The molecule has 0 aliphatic heterocycles. The van der Waals surface area contributed by atoms with E-state index in [1.54, 1.807) is 12.1 Å². The smallest absolute Gasteiger partial charge is 0.115 e. The van der Waals surface area contributed by atoms with E-state index in [2.05, 4.69) is 36.4 Å². The van der Waals surface area contributed by atoms with Gasteiger partial charge >= 0.3 is 0 Å². The van der Waals surface area contributed by atoms with Gasteiger partial charge in [0, 0.05) is 5.02 Å². The van der Waals surface area contributed by atoms with E-state index in [0.29, 0.717) is 0 Å². The van der Waals surface area contributed by atoms with Crippen molar-refractivity contribution < 1.29 is 5.11 Å². The minimum Gasteiger partial charge on any atom is -0.508 e. The lowest BCUT2D eigenvalue weighted by molar-refractivity contribution is 0.475. The van der Waals surface area contributed by atoms with Crippen molar-refractivity contribution in [3.8, 4) is 5.75 Å². The highest BCUT2D eigenvalue weighted by molar-refractivity contribution is 6.31. The van der Waals surface area contributed by atoms with E-state index in [0.717, 1.165) is 23.4 Å². The molecule has 0 spiro atoms. The highest BCUT2D eigenvalue weighted by Crippen LogP contribution is 2.37. The fourth-order valence-corrected chi connectivity index (χ4v) is 3.63. The van der Waals surface area contributed by atoms with Crippen molar-refractivity contribution in [1.29, 1.82) is 0 Å². The molecule has 0 fully saturated rings. The Kier molecular flexibility index (Phi) is 3.87. The van der Waals surface area contributed by atoms with Crippen molar-refractivity contribution in [2.75, 3.05) is 0 Å². The van der Waals surface area contributed by atoms with Crippen molar-refractivity contribution in [2.24, 2.45) is 0 Å². The number of halogens is 1. The minimum atomic E-state index is 0.280. The first-order valence-electron chi connectivity index (χ1n) is 8.09. The molecular weight excluding hydrogens is 316 g/mol. The van der Waals surface area contributed by atoms with Gasteiger partial charge in [-0.3, -0.25) is 0 Å². The van der Waals surface area contributed by atoms with Crippen LogP contribution in [0.3, 0.4) is 0 Å². The number of aryl methyl sites for hydroxylation is 1. The van der Waals surface area contributed by atoms with Crippen molar-refractivity contribution in [3.63, 3.8) is 0 Å². The van der Waals surface area contributed by atoms with Gasteiger partial charge in [0.1, 0.15) is 5.75 Å². The number of phenolic OH excluding ortho intramolecular Hbond substituents is 1. The summed E-state index contributed by atoms with van der Waals surface area (Å²) in [6, 6.07) is 22.0. The number of phenols is 1. The van der Waals surface area contributed by atoms with E-state index < -0.39 is 0 Å². The average molecular weight is 333 g/mol. The summed E-state index contributed by atoms with van der Waals surface area (Å²) in [6.07, 6.45) is 4.11.